The van der Waals surface area contributed by atoms with Crippen molar-refractivity contribution >= 4 is 5.70 Å². The molecule has 1 unspecified atom stereocenters. The van der Waals surface area contributed by atoms with Crippen LogP contribution in [0.3, 0.4) is 0 Å². The van der Waals surface area contributed by atoms with Gasteiger partial charge in [-0.2, -0.15) is 0 Å². The maximum absolute atomic E-state index is 5.71. The van der Waals surface area contributed by atoms with E-state index in [0.29, 0.717) is 6.61 Å². The lowest BCUT2D eigenvalue weighted by Crippen LogP contribution is -2.39. The average molecular weight is 295 g/mol. The molecule has 1 aliphatic rings. The van der Waals surface area contributed by atoms with E-state index in [9.17, 15) is 0 Å². The van der Waals surface area contributed by atoms with E-state index in [1.807, 2.05) is 18.2 Å². The quantitative estimate of drug-likeness (QED) is 0.541. The van der Waals surface area contributed by atoms with Gasteiger partial charge in [0.2, 0.25) is 0 Å². The standard InChI is InChI=1S/C20H25NO/c1-6-15-22-18(4)20(5)13-10-14-21(17(20)3)16(2)19-11-8-7-9-12-19/h6-9,11-12H,1-4,10,13-15H2,5H3. The molecule has 0 aliphatic carbocycles. The van der Waals surface area contributed by atoms with E-state index in [1.54, 1.807) is 6.08 Å². The number of likely N-dealkylation sites (tertiary alicyclic amines) is 1. The van der Waals surface area contributed by atoms with Gasteiger partial charge in [0.05, 0.1) is 5.41 Å². The zero-order valence-electron chi connectivity index (χ0n) is 13.5. The Labute approximate surface area is 134 Å². The first-order chi connectivity index (χ1) is 10.5. The number of nitrogens with zero attached hydrogens (tertiary/aromatic N) is 1. The maximum atomic E-state index is 5.71. The van der Waals surface area contributed by atoms with Gasteiger partial charge in [-0.25, -0.2) is 0 Å². The van der Waals surface area contributed by atoms with Crippen molar-refractivity contribution in [3.05, 3.63) is 79.7 Å². The Morgan fingerprint density at radius 2 is 2.00 bits per heavy atom. The number of hydrogen-bond donors (Lipinski definition) is 0. The minimum atomic E-state index is -0.265. The molecular weight excluding hydrogens is 270 g/mol. The van der Waals surface area contributed by atoms with Crippen molar-refractivity contribution in [2.45, 2.75) is 19.8 Å². The Kier molecular flexibility index (Phi) is 4.92. The van der Waals surface area contributed by atoms with Gasteiger partial charge in [-0.1, -0.05) is 62.7 Å². The summed E-state index contributed by atoms with van der Waals surface area (Å²) < 4.78 is 5.71. The summed E-state index contributed by atoms with van der Waals surface area (Å²) in [6, 6.07) is 10.2. The van der Waals surface area contributed by atoms with Gasteiger partial charge in [-0.3, -0.25) is 0 Å². The van der Waals surface area contributed by atoms with Gasteiger partial charge >= 0.3 is 0 Å². The van der Waals surface area contributed by atoms with Crippen LogP contribution in [0, 0.1) is 5.41 Å². The number of ether oxygens (including phenoxy) is 1. The molecule has 1 aromatic carbocycles. The minimum absolute atomic E-state index is 0.265. The monoisotopic (exact) mass is 295 g/mol. The number of benzene rings is 1. The van der Waals surface area contributed by atoms with Crippen LogP contribution in [0.1, 0.15) is 25.3 Å². The highest BCUT2D eigenvalue weighted by Gasteiger charge is 2.39. The molecule has 1 heterocycles. The third kappa shape index (κ3) is 3.01. The zero-order valence-corrected chi connectivity index (χ0v) is 13.5. The SMILES string of the molecule is C=CCOC(=C)C1(C)CCCN(C(=C)c2ccccc2)C1=C. The second-order valence-corrected chi connectivity index (χ2v) is 5.87. The first-order valence-electron chi connectivity index (χ1n) is 7.65. The van der Waals surface area contributed by atoms with E-state index < -0.39 is 0 Å². The predicted molar refractivity (Wildman–Crippen MR) is 94.0 cm³/mol. The minimum Gasteiger partial charge on any atom is -0.494 e. The van der Waals surface area contributed by atoms with Crippen LogP contribution in [0.5, 0.6) is 0 Å². The molecule has 1 atom stereocenters. The third-order valence-electron chi connectivity index (χ3n) is 4.44. The van der Waals surface area contributed by atoms with E-state index in [1.165, 1.54) is 0 Å². The largest absolute Gasteiger partial charge is 0.494 e. The molecule has 2 heteroatoms. The van der Waals surface area contributed by atoms with Crippen molar-refractivity contribution in [1.29, 1.82) is 0 Å². The summed E-state index contributed by atoms with van der Waals surface area (Å²) in [5, 5.41) is 0. The molecule has 1 fully saturated rings. The summed E-state index contributed by atoms with van der Waals surface area (Å²) in [6.45, 7) is 19.9. The fourth-order valence-electron chi connectivity index (χ4n) is 2.87. The normalized spacial score (nSPS) is 21.3. The van der Waals surface area contributed by atoms with E-state index in [2.05, 4.69) is 50.3 Å². The molecule has 22 heavy (non-hydrogen) atoms. The average Bonchev–Trinajstić information content (AvgIpc) is 2.55. The van der Waals surface area contributed by atoms with Crippen molar-refractivity contribution in [2.75, 3.05) is 13.2 Å². The molecule has 0 radical (unpaired) electrons. The van der Waals surface area contributed by atoms with Crippen LogP contribution in [0.2, 0.25) is 0 Å². The van der Waals surface area contributed by atoms with E-state index in [0.717, 1.165) is 42.1 Å². The summed E-state index contributed by atoms with van der Waals surface area (Å²) in [7, 11) is 0. The molecule has 1 aliphatic heterocycles. The molecule has 1 saturated heterocycles. The van der Waals surface area contributed by atoms with E-state index in [4.69, 9.17) is 4.74 Å². The first kappa shape index (κ1) is 16.2. The van der Waals surface area contributed by atoms with Crippen molar-refractivity contribution < 1.29 is 4.74 Å². The van der Waals surface area contributed by atoms with Crippen LogP contribution in [-0.4, -0.2) is 18.1 Å². The highest BCUT2D eigenvalue weighted by Crippen LogP contribution is 2.45. The van der Waals surface area contributed by atoms with Gasteiger partial charge < -0.3 is 9.64 Å². The number of rotatable bonds is 6. The van der Waals surface area contributed by atoms with Gasteiger partial charge in [-0.15, -0.1) is 0 Å². The zero-order chi connectivity index (χ0) is 16.2. The van der Waals surface area contributed by atoms with Crippen LogP contribution in [0.25, 0.3) is 5.70 Å². The Morgan fingerprint density at radius 3 is 2.64 bits per heavy atom. The van der Waals surface area contributed by atoms with E-state index >= 15 is 0 Å². The van der Waals surface area contributed by atoms with Crippen molar-refractivity contribution in [3.8, 4) is 0 Å². The molecule has 0 N–H and O–H groups in total. The van der Waals surface area contributed by atoms with Gasteiger partial charge in [-0.05, 0) is 25.3 Å². The topological polar surface area (TPSA) is 12.5 Å². The highest BCUT2D eigenvalue weighted by atomic mass is 16.5. The summed E-state index contributed by atoms with van der Waals surface area (Å²) in [4.78, 5) is 2.20. The Hall–Kier alpha value is -2.22. The van der Waals surface area contributed by atoms with Crippen LogP contribution < -0.4 is 0 Å². The molecule has 0 amide bonds. The van der Waals surface area contributed by atoms with Gasteiger partial charge in [0.25, 0.3) is 0 Å². The molecule has 1 aromatic rings. The lowest BCUT2D eigenvalue weighted by Gasteiger charge is -2.45. The summed E-state index contributed by atoms with van der Waals surface area (Å²) in [5.41, 5.74) is 2.83. The summed E-state index contributed by atoms with van der Waals surface area (Å²) >= 11 is 0. The lowest BCUT2D eigenvalue weighted by molar-refractivity contribution is 0.135. The van der Waals surface area contributed by atoms with Gasteiger partial charge in [0.15, 0.2) is 0 Å². The Morgan fingerprint density at radius 1 is 1.32 bits per heavy atom. The molecule has 0 saturated carbocycles. The van der Waals surface area contributed by atoms with Crippen LogP contribution in [-0.2, 0) is 4.74 Å². The van der Waals surface area contributed by atoms with Crippen LogP contribution in [0.15, 0.2) is 74.2 Å². The van der Waals surface area contributed by atoms with Gasteiger partial charge in [0, 0.05) is 17.9 Å². The smallest absolute Gasteiger partial charge is 0.106 e. The molecule has 2 nitrogen and oxygen atoms in total. The molecular formula is C20H25NO. The van der Waals surface area contributed by atoms with Crippen LogP contribution >= 0.6 is 0 Å². The van der Waals surface area contributed by atoms with E-state index in [-0.39, 0.29) is 5.41 Å². The number of piperidine rings is 1. The second kappa shape index (κ2) is 6.69. The van der Waals surface area contributed by atoms with Crippen molar-refractivity contribution in [3.63, 3.8) is 0 Å². The highest BCUT2D eigenvalue weighted by molar-refractivity contribution is 5.64. The number of hydrogen-bond acceptors (Lipinski definition) is 2. The van der Waals surface area contributed by atoms with Crippen molar-refractivity contribution in [1.82, 2.24) is 4.90 Å². The van der Waals surface area contributed by atoms with Crippen molar-refractivity contribution in [2.24, 2.45) is 5.41 Å². The lowest BCUT2D eigenvalue weighted by atomic mass is 9.77. The fraction of sp³-hybridized carbons (Fsp3) is 0.300. The third-order valence-corrected chi connectivity index (χ3v) is 4.44. The molecule has 116 valence electrons. The molecule has 2 rings (SSSR count). The Bertz CT molecular complexity index is 587. The first-order valence-corrected chi connectivity index (χ1v) is 7.65. The second-order valence-electron chi connectivity index (χ2n) is 5.87. The van der Waals surface area contributed by atoms with Crippen LogP contribution in [0.4, 0.5) is 0 Å². The maximum Gasteiger partial charge on any atom is 0.106 e. The van der Waals surface area contributed by atoms with Gasteiger partial charge in [0.1, 0.15) is 12.4 Å². The fourth-order valence-corrected chi connectivity index (χ4v) is 2.87. The Balaban J connectivity index is 2.21. The molecule has 0 spiro atoms. The molecule has 0 bridgehead atoms. The summed E-state index contributed by atoms with van der Waals surface area (Å²) in [5.74, 6) is 0.753. The predicted octanol–water partition coefficient (Wildman–Crippen LogP) is 4.99. The molecule has 0 aromatic heterocycles. The summed E-state index contributed by atoms with van der Waals surface area (Å²) in [6.07, 6.45) is 3.78.